The van der Waals surface area contributed by atoms with Crippen LogP contribution in [-0.4, -0.2) is 26.9 Å². The largest absolute Gasteiger partial charge is 0.497 e. The third-order valence-corrected chi connectivity index (χ3v) is 4.21. The Labute approximate surface area is 124 Å². The van der Waals surface area contributed by atoms with E-state index in [9.17, 15) is 4.79 Å². The molecule has 110 valence electrons. The maximum Gasteiger partial charge on any atom is 0.406 e. The van der Waals surface area contributed by atoms with Gasteiger partial charge in [-0.3, -0.25) is 0 Å². The summed E-state index contributed by atoms with van der Waals surface area (Å²) in [5.74, 6) is 1.19. The zero-order chi connectivity index (χ0) is 14.8. The smallest absolute Gasteiger partial charge is 0.406 e. The van der Waals surface area contributed by atoms with Gasteiger partial charge in [0.05, 0.1) is 14.2 Å². The Morgan fingerprint density at radius 3 is 2.86 bits per heavy atom. The number of carbonyl (C=O) groups is 1. The molecule has 3 rings (SSSR count). The number of fused-ring (bicyclic) bond motifs is 3. The third-order valence-electron chi connectivity index (χ3n) is 4.21. The minimum atomic E-state index is -0.374. The molecule has 0 heterocycles. The van der Waals surface area contributed by atoms with Crippen molar-refractivity contribution in [3.63, 3.8) is 0 Å². The van der Waals surface area contributed by atoms with Gasteiger partial charge in [0.1, 0.15) is 5.75 Å². The standard InChI is InChI=1S/C17H19NO3/c1-20-14-8-7-11-3-4-12-5-6-13(10-18-17(19)21-2)16(12)15(11)9-14/h3-4,7-9,13H,5-6,10H2,1-2H3,(H,18,19). The van der Waals surface area contributed by atoms with Gasteiger partial charge in [-0.15, -0.1) is 0 Å². The SMILES string of the molecule is COC(=O)NCC1CCc2ccc3ccc(OC)cc3c21. The van der Waals surface area contributed by atoms with Crippen LogP contribution in [0.1, 0.15) is 23.5 Å². The van der Waals surface area contributed by atoms with Crippen LogP contribution in [0.5, 0.6) is 5.75 Å². The molecular formula is C17H19NO3. The van der Waals surface area contributed by atoms with Crippen molar-refractivity contribution in [2.24, 2.45) is 0 Å². The first-order valence-electron chi connectivity index (χ1n) is 7.14. The van der Waals surface area contributed by atoms with Crippen molar-refractivity contribution >= 4 is 16.9 Å². The van der Waals surface area contributed by atoms with E-state index in [-0.39, 0.29) is 6.09 Å². The Balaban J connectivity index is 1.98. The van der Waals surface area contributed by atoms with Crippen molar-refractivity contribution in [2.45, 2.75) is 18.8 Å². The molecule has 4 nitrogen and oxygen atoms in total. The molecular weight excluding hydrogens is 266 g/mol. The highest BCUT2D eigenvalue weighted by molar-refractivity contribution is 5.89. The second-order valence-electron chi connectivity index (χ2n) is 5.33. The van der Waals surface area contributed by atoms with Crippen LogP contribution in [0.15, 0.2) is 30.3 Å². The van der Waals surface area contributed by atoms with Crippen LogP contribution in [0.3, 0.4) is 0 Å². The number of nitrogens with one attached hydrogen (secondary N) is 1. The average Bonchev–Trinajstić information content (AvgIpc) is 2.95. The van der Waals surface area contributed by atoms with E-state index in [1.807, 2.05) is 6.07 Å². The van der Waals surface area contributed by atoms with Gasteiger partial charge in [-0.25, -0.2) is 4.79 Å². The number of methoxy groups -OCH3 is 2. The van der Waals surface area contributed by atoms with Crippen LogP contribution >= 0.6 is 0 Å². The van der Waals surface area contributed by atoms with Crippen LogP contribution < -0.4 is 10.1 Å². The Morgan fingerprint density at radius 2 is 2.10 bits per heavy atom. The van der Waals surface area contributed by atoms with E-state index in [0.29, 0.717) is 12.5 Å². The average molecular weight is 285 g/mol. The minimum Gasteiger partial charge on any atom is -0.497 e. The van der Waals surface area contributed by atoms with Gasteiger partial charge in [0, 0.05) is 12.5 Å². The lowest BCUT2D eigenvalue weighted by atomic mass is 9.94. The van der Waals surface area contributed by atoms with E-state index >= 15 is 0 Å². The van der Waals surface area contributed by atoms with Crippen molar-refractivity contribution < 1.29 is 14.3 Å². The van der Waals surface area contributed by atoms with Crippen LogP contribution in [0.4, 0.5) is 4.79 Å². The topological polar surface area (TPSA) is 47.6 Å². The number of hydrogen-bond donors (Lipinski definition) is 1. The number of amides is 1. The highest BCUT2D eigenvalue weighted by Gasteiger charge is 2.25. The van der Waals surface area contributed by atoms with Gasteiger partial charge in [-0.1, -0.05) is 18.2 Å². The van der Waals surface area contributed by atoms with E-state index < -0.39 is 0 Å². The van der Waals surface area contributed by atoms with E-state index in [2.05, 4.69) is 34.3 Å². The summed E-state index contributed by atoms with van der Waals surface area (Å²) >= 11 is 0. The molecule has 0 saturated heterocycles. The zero-order valence-corrected chi connectivity index (χ0v) is 12.3. The van der Waals surface area contributed by atoms with Crippen LogP contribution in [-0.2, 0) is 11.2 Å². The molecule has 4 heteroatoms. The molecule has 0 fully saturated rings. The second kappa shape index (κ2) is 5.64. The molecule has 1 N–H and O–H groups in total. The van der Waals surface area contributed by atoms with Crippen molar-refractivity contribution in [1.82, 2.24) is 5.32 Å². The molecule has 2 aromatic carbocycles. The molecule has 1 atom stereocenters. The van der Waals surface area contributed by atoms with Crippen LogP contribution in [0, 0.1) is 0 Å². The normalized spacial score (nSPS) is 16.6. The van der Waals surface area contributed by atoms with E-state index in [0.717, 1.165) is 18.6 Å². The number of benzene rings is 2. The van der Waals surface area contributed by atoms with Gasteiger partial charge >= 0.3 is 6.09 Å². The highest BCUT2D eigenvalue weighted by atomic mass is 16.5. The summed E-state index contributed by atoms with van der Waals surface area (Å²) < 4.78 is 10.00. The molecule has 0 aliphatic heterocycles. The van der Waals surface area contributed by atoms with Crippen LogP contribution in [0.25, 0.3) is 10.8 Å². The van der Waals surface area contributed by atoms with E-state index in [1.165, 1.54) is 29.0 Å². The van der Waals surface area contributed by atoms with Crippen LogP contribution in [0.2, 0.25) is 0 Å². The molecule has 1 aliphatic rings. The summed E-state index contributed by atoms with van der Waals surface area (Å²) in [5, 5.41) is 5.25. The van der Waals surface area contributed by atoms with Gasteiger partial charge in [-0.05, 0) is 46.9 Å². The first kappa shape index (κ1) is 13.7. The van der Waals surface area contributed by atoms with Gasteiger partial charge in [0.2, 0.25) is 0 Å². The number of carbonyl (C=O) groups excluding carboxylic acids is 1. The monoisotopic (exact) mass is 285 g/mol. The number of hydrogen-bond acceptors (Lipinski definition) is 3. The molecule has 0 aromatic heterocycles. The lowest BCUT2D eigenvalue weighted by molar-refractivity contribution is 0.170. The molecule has 0 bridgehead atoms. The molecule has 0 radical (unpaired) electrons. The van der Waals surface area contributed by atoms with Crippen molar-refractivity contribution in [1.29, 1.82) is 0 Å². The fourth-order valence-corrected chi connectivity index (χ4v) is 3.15. The molecule has 1 unspecified atom stereocenters. The summed E-state index contributed by atoms with van der Waals surface area (Å²) in [6, 6.07) is 10.5. The third kappa shape index (κ3) is 2.53. The molecule has 0 spiro atoms. The quantitative estimate of drug-likeness (QED) is 0.941. The molecule has 2 aromatic rings. The second-order valence-corrected chi connectivity index (χ2v) is 5.33. The van der Waals surface area contributed by atoms with Crippen molar-refractivity contribution in [2.75, 3.05) is 20.8 Å². The number of rotatable bonds is 3. The van der Waals surface area contributed by atoms with Gasteiger partial charge in [0.15, 0.2) is 0 Å². The maximum atomic E-state index is 11.3. The summed E-state index contributed by atoms with van der Waals surface area (Å²) in [4.78, 5) is 11.3. The summed E-state index contributed by atoms with van der Waals surface area (Å²) in [6.07, 6.45) is 1.73. The molecule has 0 saturated carbocycles. The fourth-order valence-electron chi connectivity index (χ4n) is 3.15. The van der Waals surface area contributed by atoms with Crippen molar-refractivity contribution in [3.8, 4) is 5.75 Å². The molecule has 1 aliphatic carbocycles. The highest BCUT2D eigenvalue weighted by Crippen LogP contribution is 2.39. The Bertz CT molecular complexity index is 681. The predicted molar refractivity (Wildman–Crippen MR) is 82.0 cm³/mol. The number of ether oxygens (including phenoxy) is 2. The minimum absolute atomic E-state index is 0.329. The fraction of sp³-hybridized carbons (Fsp3) is 0.353. The summed E-state index contributed by atoms with van der Waals surface area (Å²) in [7, 11) is 3.07. The summed E-state index contributed by atoms with van der Waals surface area (Å²) in [5.41, 5.74) is 2.70. The lowest BCUT2D eigenvalue weighted by Crippen LogP contribution is -2.27. The number of alkyl carbamates (subject to hydrolysis) is 1. The summed E-state index contributed by atoms with van der Waals surface area (Å²) in [6.45, 7) is 0.607. The van der Waals surface area contributed by atoms with Crippen molar-refractivity contribution in [3.05, 3.63) is 41.5 Å². The first-order chi connectivity index (χ1) is 10.2. The zero-order valence-electron chi connectivity index (χ0n) is 12.3. The Hall–Kier alpha value is -2.23. The van der Waals surface area contributed by atoms with Gasteiger partial charge in [-0.2, -0.15) is 0 Å². The number of aryl methyl sites for hydroxylation is 1. The van der Waals surface area contributed by atoms with E-state index in [4.69, 9.17) is 4.74 Å². The predicted octanol–water partition coefficient (Wildman–Crippen LogP) is 3.23. The first-order valence-corrected chi connectivity index (χ1v) is 7.14. The molecule has 1 amide bonds. The maximum absolute atomic E-state index is 11.3. The Morgan fingerprint density at radius 1 is 1.29 bits per heavy atom. The molecule has 21 heavy (non-hydrogen) atoms. The lowest BCUT2D eigenvalue weighted by Gasteiger charge is -2.15. The van der Waals surface area contributed by atoms with Gasteiger partial charge in [0.25, 0.3) is 0 Å². The van der Waals surface area contributed by atoms with Gasteiger partial charge < -0.3 is 14.8 Å². The van der Waals surface area contributed by atoms with E-state index in [1.54, 1.807) is 7.11 Å². The Kier molecular flexibility index (Phi) is 3.69.